The Morgan fingerprint density at radius 2 is 2.18 bits per heavy atom. The van der Waals surface area contributed by atoms with Gasteiger partial charge in [-0.3, -0.25) is 0 Å². The van der Waals surface area contributed by atoms with E-state index >= 15 is 0 Å². The second-order valence-corrected chi connectivity index (χ2v) is 4.68. The van der Waals surface area contributed by atoms with E-state index in [0.717, 1.165) is 25.3 Å². The average Bonchev–Trinajstić information content (AvgIpc) is 2.35. The molecule has 0 aliphatic rings. The minimum Gasteiger partial charge on any atom is -0.385 e. The molecule has 0 amide bonds. The van der Waals surface area contributed by atoms with Crippen LogP contribution in [0.2, 0.25) is 0 Å². The van der Waals surface area contributed by atoms with E-state index in [0.29, 0.717) is 5.11 Å². The maximum Gasteiger partial charge on any atom is 0.170 e. The lowest BCUT2D eigenvalue weighted by Gasteiger charge is -2.12. The van der Waals surface area contributed by atoms with Crippen molar-refractivity contribution in [2.75, 3.05) is 31.8 Å². The molecular formula is C12H18N2OS2. The van der Waals surface area contributed by atoms with Crippen LogP contribution in [-0.4, -0.2) is 31.6 Å². The van der Waals surface area contributed by atoms with Crippen LogP contribution in [0.25, 0.3) is 0 Å². The van der Waals surface area contributed by atoms with Gasteiger partial charge in [-0.1, -0.05) is 12.1 Å². The standard InChI is InChI=1S/C12H18N2OS2/c1-15-9-5-8-13-12(16)14-10-6-3-4-7-11(10)17-2/h3-4,6-7H,5,8-9H2,1-2H3,(H2,13,14,16). The van der Waals surface area contributed by atoms with Gasteiger partial charge in [0.15, 0.2) is 5.11 Å². The summed E-state index contributed by atoms with van der Waals surface area (Å²) in [5.41, 5.74) is 1.05. The second-order valence-electron chi connectivity index (χ2n) is 3.43. The summed E-state index contributed by atoms with van der Waals surface area (Å²) >= 11 is 6.92. The number of thiocarbonyl (C=S) groups is 1. The van der Waals surface area contributed by atoms with Gasteiger partial charge in [0.2, 0.25) is 0 Å². The molecule has 0 unspecified atom stereocenters. The van der Waals surface area contributed by atoms with Crippen molar-refractivity contribution in [1.29, 1.82) is 0 Å². The van der Waals surface area contributed by atoms with Gasteiger partial charge in [-0.25, -0.2) is 0 Å². The Labute approximate surface area is 112 Å². The summed E-state index contributed by atoms with van der Waals surface area (Å²) in [6.45, 7) is 1.57. The predicted molar refractivity (Wildman–Crippen MR) is 78.9 cm³/mol. The van der Waals surface area contributed by atoms with E-state index in [1.165, 1.54) is 4.90 Å². The first kappa shape index (κ1) is 14.3. The maximum atomic E-state index is 5.22. The number of ether oxygens (including phenoxy) is 1. The van der Waals surface area contributed by atoms with E-state index in [1.807, 2.05) is 18.2 Å². The summed E-state index contributed by atoms with van der Waals surface area (Å²) in [7, 11) is 1.70. The largest absolute Gasteiger partial charge is 0.385 e. The topological polar surface area (TPSA) is 33.3 Å². The highest BCUT2D eigenvalue weighted by Crippen LogP contribution is 2.24. The van der Waals surface area contributed by atoms with Gasteiger partial charge in [0.25, 0.3) is 0 Å². The van der Waals surface area contributed by atoms with Crippen molar-refractivity contribution in [2.45, 2.75) is 11.3 Å². The minimum atomic E-state index is 0.655. The Bertz CT molecular complexity index is 358. The summed E-state index contributed by atoms with van der Waals surface area (Å²) in [6.07, 6.45) is 3.00. The third-order valence-corrected chi connectivity index (χ3v) is 3.21. The third-order valence-electron chi connectivity index (χ3n) is 2.17. The molecule has 0 radical (unpaired) electrons. The number of anilines is 1. The molecule has 0 spiro atoms. The number of hydrogen-bond acceptors (Lipinski definition) is 3. The number of hydrogen-bond donors (Lipinski definition) is 2. The van der Waals surface area contributed by atoms with Gasteiger partial charge in [-0.05, 0) is 37.0 Å². The Morgan fingerprint density at radius 3 is 2.88 bits per heavy atom. The van der Waals surface area contributed by atoms with Crippen molar-refractivity contribution in [3.63, 3.8) is 0 Å². The van der Waals surface area contributed by atoms with Crippen molar-refractivity contribution in [3.05, 3.63) is 24.3 Å². The van der Waals surface area contributed by atoms with Gasteiger partial charge >= 0.3 is 0 Å². The summed E-state index contributed by atoms with van der Waals surface area (Å²) < 4.78 is 4.97. The molecule has 1 rings (SSSR count). The molecular weight excluding hydrogens is 252 g/mol. The number of benzene rings is 1. The molecule has 0 saturated heterocycles. The van der Waals surface area contributed by atoms with Crippen LogP contribution in [0.5, 0.6) is 0 Å². The van der Waals surface area contributed by atoms with Crippen molar-refractivity contribution in [2.24, 2.45) is 0 Å². The van der Waals surface area contributed by atoms with Crippen LogP contribution in [-0.2, 0) is 4.74 Å². The number of methoxy groups -OCH3 is 1. The first-order chi connectivity index (χ1) is 8.27. The van der Waals surface area contributed by atoms with Crippen LogP contribution < -0.4 is 10.6 Å². The van der Waals surface area contributed by atoms with Crippen LogP contribution in [0, 0.1) is 0 Å². The van der Waals surface area contributed by atoms with Crippen molar-refractivity contribution < 1.29 is 4.74 Å². The van der Waals surface area contributed by atoms with E-state index < -0.39 is 0 Å². The van der Waals surface area contributed by atoms with E-state index in [-0.39, 0.29) is 0 Å². The third kappa shape index (κ3) is 5.39. The summed E-state index contributed by atoms with van der Waals surface area (Å²) in [4.78, 5) is 1.19. The molecule has 0 atom stereocenters. The van der Waals surface area contributed by atoms with Crippen LogP contribution in [0.3, 0.4) is 0 Å². The lowest BCUT2D eigenvalue weighted by atomic mass is 10.3. The maximum absolute atomic E-state index is 5.22. The minimum absolute atomic E-state index is 0.655. The first-order valence-electron chi connectivity index (χ1n) is 5.44. The zero-order chi connectivity index (χ0) is 12.5. The molecule has 94 valence electrons. The Hall–Kier alpha value is -0.780. The molecule has 0 aromatic heterocycles. The van der Waals surface area contributed by atoms with Crippen LogP contribution in [0.1, 0.15) is 6.42 Å². The van der Waals surface area contributed by atoms with E-state index in [4.69, 9.17) is 17.0 Å². The van der Waals surface area contributed by atoms with Crippen molar-refractivity contribution >= 4 is 34.8 Å². The molecule has 5 heteroatoms. The molecule has 0 aliphatic heterocycles. The quantitative estimate of drug-likeness (QED) is 0.472. The molecule has 2 N–H and O–H groups in total. The second kappa shape index (κ2) is 8.33. The molecule has 1 aromatic rings. The zero-order valence-electron chi connectivity index (χ0n) is 10.2. The molecule has 0 fully saturated rings. The molecule has 0 heterocycles. The van der Waals surface area contributed by atoms with E-state index in [9.17, 15) is 0 Å². The summed E-state index contributed by atoms with van der Waals surface area (Å²) in [5.74, 6) is 0. The monoisotopic (exact) mass is 270 g/mol. The SMILES string of the molecule is COCCCNC(=S)Nc1ccccc1SC. The number of rotatable bonds is 6. The van der Waals surface area contributed by atoms with Crippen molar-refractivity contribution in [1.82, 2.24) is 5.32 Å². The van der Waals surface area contributed by atoms with E-state index in [1.54, 1.807) is 18.9 Å². The predicted octanol–water partition coefficient (Wildman–Crippen LogP) is 2.73. The first-order valence-corrected chi connectivity index (χ1v) is 7.08. The van der Waals surface area contributed by atoms with Gasteiger partial charge in [0.1, 0.15) is 0 Å². The van der Waals surface area contributed by atoms with Crippen molar-refractivity contribution in [3.8, 4) is 0 Å². The van der Waals surface area contributed by atoms with Gasteiger partial charge < -0.3 is 15.4 Å². The fourth-order valence-electron chi connectivity index (χ4n) is 1.33. The number of nitrogens with one attached hydrogen (secondary N) is 2. The van der Waals surface area contributed by atoms with E-state index in [2.05, 4.69) is 23.0 Å². The summed E-state index contributed by atoms with van der Waals surface area (Å²) in [5, 5.41) is 7.00. The molecule has 0 bridgehead atoms. The highest BCUT2D eigenvalue weighted by atomic mass is 32.2. The fourth-order valence-corrected chi connectivity index (χ4v) is 2.10. The molecule has 0 aliphatic carbocycles. The average molecular weight is 270 g/mol. The lowest BCUT2D eigenvalue weighted by Crippen LogP contribution is -2.29. The summed E-state index contributed by atoms with van der Waals surface area (Å²) in [6, 6.07) is 8.11. The molecule has 1 aromatic carbocycles. The number of thioether (sulfide) groups is 1. The Kier molecular flexibility index (Phi) is 7.00. The van der Waals surface area contributed by atoms with Gasteiger partial charge in [0.05, 0.1) is 5.69 Å². The molecule has 17 heavy (non-hydrogen) atoms. The van der Waals surface area contributed by atoms with Crippen LogP contribution in [0.4, 0.5) is 5.69 Å². The Morgan fingerprint density at radius 1 is 1.41 bits per heavy atom. The zero-order valence-corrected chi connectivity index (χ0v) is 11.8. The van der Waals surface area contributed by atoms with Crippen LogP contribution >= 0.6 is 24.0 Å². The lowest BCUT2D eigenvalue weighted by molar-refractivity contribution is 0.196. The fraction of sp³-hybridized carbons (Fsp3) is 0.417. The Balaban J connectivity index is 2.39. The highest BCUT2D eigenvalue weighted by Gasteiger charge is 2.01. The normalized spacial score (nSPS) is 10.0. The molecule has 0 saturated carbocycles. The van der Waals surface area contributed by atoms with Gasteiger partial charge in [-0.15, -0.1) is 11.8 Å². The highest BCUT2D eigenvalue weighted by molar-refractivity contribution is 7.98. The van der Waals surface area contributed by atoms with Gasteiger partial charge in [0, 0.05) is 25.2 Å². The van der Waals surface area contributed by atoms with Crippen LogP contribution in [0.15, 0.2) is 29.2 Å². The molecule has 3 nitrogen and oxygen atoms in total. The smallest absolute Gasteiger partial charge is 0.170 e. The number of para-hydroxylation sites is 1. The van der Waals surface area contributed by atoms with Gasteiger partial charge in [-0.2, -0.15) is 0 Å².